The van der Waals surface area contributed by atoms with Gasteiger partial charge in [0.2, 0.25) is 17.7 Å². The molecular formula is C26H38N4O7. The van der Waals surface area contributed by atoms with E-state index in [1.165, 1.54) is 12.0 Å². The van der Waals surface area contributed by atoms with Gasteiger partial charge in [-0.2, -0.15) is 0 Å². The third-order valence-corrected chi connectivity index (χ3v) is 5.84. The van der Waals surface area contributed by atoms with Gasteiger partial charge in [0, 0.05) is 6.04 Å². The summed E-state index contributed by atoms with van der Waals surface area (Å²) in [5, 5.41) is 5.01. The molecule has 0 saturated heterocycles. The number of nitrogens with zero attached hydrogens (tertiary/aromatic N) is 1. The molecule has 1 aliphatic carbocycles. The summed E-state index contributed by atoms with van der Waals surface area (Å²) in [5.41, 5.74) is 6.86. The molecule has 11 nitrogen and oxygen atoms in total. The summed E-state index contributed by atoms with van der Waals surface area (Å²) >= 11 is 0. The lowest BCUT2D eigenvalue weighted by Crippen LogP contribution is -2.58. The number of primary amides is 1. The maximum absolute atomic E-state index is 14.0. The molecule has 1 aromatic carbocycles. The summed E-state index contributed by atoms with van der Waals surface area (Å²) in [6.45, 7) is 8.36. The first-order chi connectivity index (χ1) is 17.2. The van der Waals surface area contributed by atoms with Crippen LogP contribution >= 0.6 is 0 Å². The van der Waals surface area contributed by atoms with E-state index in [4.69, 9.17) is 10.5 Å². The number of methoxy groups -OCH3 is 1. The molecule has 1 aliphatic rings. The molecule has 0 aliphatic heterocycles. The lowest BCUT2D eigenvalue weighted by atomic mass is 9.87. The Morgan fingerprint density at radius 3 is 2.14 bits per heavy atom. The lowest BCUT2D eigenvalue weighted by Gasteiger charge is -2.43. The van der Waals surface area contributed by atoms with Crippen LogP contribution in [0.25, 0.3) is 0 Å². The first-order valence-electron chi connectivity index (χ1n) is 12.2. The highest BCUT2D eigenvalue weighted by atomic mass is 16.6. The summed E-state index contributed by atoms with van der Waals surface area (Å²) in [7, 11) is 1.21. The number of benzene rings is 1. The number of nitrogens with one attached hydrogen (secondary N) is 2. The van der Waals surface area contributed by atoms with Crippen molar-refractivity contribution in [3.63, 3.8) is 0 Å². The molecule has 0 aromatic heterocycles. The molecule has 1 saturated carbocycles. The molecule has 4 N–H and O–H groups in total. The van der Waals surface area contributed by atoms with E-state index in [1.807, 2.05) is 19.9 Å². The summed E-state index contributed by atoms with van der Waals surface area (Å²) in [6.07, 6.45) is 0.737. The van der Waals surface area contributed by atoms with Gasteiger partial charge in [0.1, 0.15) is 24.2 Å². The van der Waals surface area contributed by atoms with E-state index in [0.29, 0.717) is 18.4 Å². The van der Waals surface area contributed by atoms with Gasteiger partial charge >= 0.3 is 12.1 Å². The number of esters is 1. The Bertz CT molecular complexity index is 1010. The molecule has 1 fully saturated rings. The molecule has 1 aromatic rings. The highest BCUT2D eigenvalue weighted by molar-refractivity contribution is 5.95. The number of amides is 4. The second-order valence-corrected chi connectivity index (χ2v) is 10.3. The van der Waals surface area contributed by atoms with Gasteiger partial charge < -0.3 is 30.7 Å². The number of ether oxygens (including phenoxy) is 2. The fourth-order valence-electron chi connectivity index (χ4n) is 4.15. The number of carbonyl (C=O) groups is 5. The maximum atomic E-state index is 14.0. The van der Waals surface area contributed by atoms with E-state index in [9.17, 15) is 24.0 Å². The van der Waals surface area contributed by atoms with Gasteiger partial charge in [0.25, 0.3) is 0 Å². The fraction of sp³-hybridized carbons (Fsp3) is 0.577. The van der Waals surface area contributed by atoms with E-state index < -0.39 is 53.9 Å². The fourth-order valence-corrected chi connectivity index (χ4v) is 4.15. The predicted molar refractivity (Wildman–Crippen MR) is 135 cm³/mol. The quantitative estimate of drug-likeness (QED) is 0.398. The van der Waals surface area contributed by atoms with E-state index >= 15 is 0 Å². The molecule has 37 heavy (non-hydrogen) atoms. The van der Waals surface area contributed by atoms with Crippen LogP contribution in [0.4, 0.5) is 4.79 Å². The Balaban J connectivity index is 2.52. The third kappa shape index (κ3) is 8.76. The number of hydrogen-bond acceptors (Lipinski definition) is 7. The normalized spacial score (nSPS) is 15.0. The van der Waals surface area contributed by atoms with Crippen molar-refractivity contribution in [2.24, 2.45) is 5.73 Å². The van der Waals surface area contributed by atoms with Crippen LogP contribution in [-0.4, -0.2) is 66.0 Å². The second-order valence-electron chi connectivity index (χ2n) is 10.3. The van der Waals surface area contributed by atoms with Crippen molar-refractivity contribution >= 4 is 29.8 Å². The SMILES string of the molecule is COC(=O)CNC(=O)C(c1cc(C)cc(C)c1)N(C(=O)C(CC(N)=O)NC(=O)OC(C)(C)C)C1CCC1. The molecule has 0 radical (unpaired) electrons. The zero-order chi connectivity index (χ0) is 27.9. The summed E-state index contributed by atoms with van der Waals surface area (Å²) < 4.78 is 9.91. The Labute approximate surface area is 217 Å². The maximum Gasteiger partial charge on any atom is 0.408 e. The van der Waals surface area contributed by atoms with Crippen molar-refractivity contribution < 1.29 is 33.4 Å². The number of nitrogens with two attached hydrogens (primary N) is 1. The van der Waals surface area contributed by atoms with E-state index in [0.717, 1.165) is 17.5 Å². The van der Waals surface area contributed by atoms with Crippen LogP contribution in [0.5, 0.6) is 0 Å². The van der Waals surface area contributed by atoms with Gasteiger partial charge in [-0.05, 0) is 59.4 Å². The van der Waals surface area contributed by atoms with Crippen molar-refractivity contribution in [2.75, 3.05) is 13.7 Å². The minimum absolute atomic E-state index is 0.321. The summed E-state index contributed by atoms with van der Waals surface area (Å²) in [5.74, 6) is -2.69. The molecule has 0 spiro atoms. The zero-order valence-corrected chi connectivity index (χ0v) is 22.4. The van der Waals surface area contributed by atoms with Crippen molar-refractivity contribution in [2.45, 2.75) is 84.0 Å². The number of carbonyl (C=O) groups excluding carboxylic acids is 5. The van der Waals surface area contributed by atoms with Crippen molar-refractivity contribution in [1.82, 2.24) is 15.5 Å². The summed E-state index contributed by atoms with van der Waals surface area (Å²) in [6, 6.07) is 2.71. The van der Waals surface area contributed by atoms with Gasteiger partial charge in [-0.25, -0.2) is 4.79 Å². The average molecular weight is 519 g/mol. The highest BCUT2D eigenvalue weighted by Crippen LogP contribution is 2.34. The molecular weight excluding hydrogens is 480 g/mol. The van der Waals surface area contributed by atoms with Crippen LogP contribution in [-0.2, 0) is 28.7 Å². The molecule has 4 amide bonds. The Morgan fingerprint density at radius 1 is 1.08 bits per heavy atom. The molecule has 204 valence electrons. The molecule has 2 rings (SSSR count). The number of rotatable bonds is 10. The number of alkyl carbamates (subject to hydrolysis) is 1. The van der Waals surface area contributed by atoms with Gasteiger partial charge in [0.15, 0.2) is 0 Å². The van der Waals surface area contributed by atoms with Gasteiger partial charge in [-0.1, -0.05) is 29.3 Å². The van der Waals surface area contributed by atoms with Crippen LogP contribution in [0.1, 0.15) is 69.2 Å². The van der Waals surface area contributed by atoms with Crippen LogP contribution in [0.3, 0.4) is 0 Å². The van der Waals surface area contributed by atoms with Gasteiger partial charge in [-0.15, -0.1) is 0 Å². The molecule has 2 unspecified atom stereocenters. The van der Waals surface area contributed by atoms with E-state index in [2.05, 4.69) is 15.4 Å². The smallest absolute Gasteiger partial charge is 0.408 e. The standard InChI is InChI=1S/C26H38N4O7/c1-15-10-16(2)12-17(11-15)22(23(33)28-14-21(32)36-6)30(18-8-7-9-18)24(34)19(13-20(27)31)29-25(35)37-26(3,4)5/h10-12,18-19,22H,7-9,13-14H2,1-6H3,(H2,27,31)(H,28,33)(H,29,35). The van der Waals surface area contributed by atoms with Crippen molar-refractivity contribution in [3.8, 4) is 0 Å². The first-order valence-corrected chi connectivity index (χ1v) is 12.2. The van der Waals surface area contributed by atoms with Crippen molar-refractivity contribution in [1.29, 1.82) is 0 Å². The average Bonchev–Trinajstić information content (AvgIpc) is 2.72. The number of hydrogen-bond donors (Lipinski definition) is 3. The largest absolute Gasteiger partial charge is 0.468 e. The molecule has 2 atom stereocenters. The molecule has 11 heteroatoms. The molecule has 0 heterocycles. The Hall–Kier alpha value is -3.63. The second kappa shape index (κ2) is 12.6. The predicted octanol–water partition coefficient (Wildman–Crippen LogP) is 1.78. The van der Waals surface area contributed by atoms with Crippen molar-refractivity contribution in [3.05, 3.63) is 34.9 Å². The topological polar surface area (TPSA) is 157 Å². The minimum atomic E-state index is -1.35. The van der Waals surface area contributed by atoms with Crippen LogP contribution in [0, 0.1) is 13.8 Å². The third-order valence-electron chi connectivity index (χ3n) is 5.84. The van der Waals surface area contributed by atoms with E-state index in [-0.39, 0.29) is 12.6 Å². The van der Waals surface area contributed by atoms with Gasteiger partial charge in [-0.3, -0.25) is 19.2 Å². The minimum Gasteiger partial charge on any atom is -0.468 e. The zero-order valence-electron chi connectivity index (χ0n) is 22.4. The number of aryl methyl sites for hydroxylation is 2. The van der Waals surface area contributed by atoms with Gasteiger partial charge in [0.05, 0.1) is 13.5 Å². The highest BCUT2D eigenvalue weighted by Gasteiger charge is 2.42. The van der Waals surface area contributed by atoms with Crippen LogP contribution < -0.4 is 16.4 Å². The first kappa shape index (κ1) is 29.6. The Morgan fingerprint density at radius 2 is 1.68 bits per heavy atom. The van der Waals surface area contributed by atoms with Crippen LogP contribution in [0.2, 0.25) is 0 Å². The molecule has 0 bridgehead atoms. The Kier molecular flexibility index (Phi) is 10.0. The van der Waals surface area contributed by atoms with Crippen LogP contribution in [0.15, 0.2) is 18.2 Å². The summed E-state index contributed by atoms with van der Waals surface area (Å²) in [4.78, 5) is 65.0. The van der Waals surface area contributed by atoms with E-state index in [1.54, 1.807) is 32.9 Å². The lowest BCUT2D eigenvalue weighted by molar-refractivity contribution is -0.149. The monoisotopic (exact) mass is 518 g/mol.